The Morgan fingerprint density at radius 1 is 1.17 bits per heavy atom. The first-order valence-corrected chi connectivity index (χ1v) is 7.81. The Morgan fingerprint density at radius 2 is 2.00 bits per heavy atom. The molecule has 0 atom stereocenters. The van der Waals surface area contributed by atoms with Crippen LogP contribution in [-0.2, 0) is 7.05 Å². The first kappa shape index (κ1) is 14.1. The molecule has 0 aromatic carbocycles. The van der Waals surface area contributed by atoms with Crippen LogP contribution in [0.1, 0.15) is 11.3 Å². The zero-order chi connectivity index (χ0) is 16.1. The molecule has 5 heteroatoms. The lowest BCUT2D eigenvalue weighted by Gasteiger charge is -2.20. The molecule has 0 radical (unpaired) electrons. The summed E-state index contributed by atoms with van der Waals surface area (Å²) < 4.78 is 8.12. The minimum Gasteiger partial charge on any atom is -0.436 e. The van der Waals surface area contributed by atoms with E-state index in [1.165, 1.54) is 11.2 Å². The van der Waals surface area contributed by atoms with E-state index in [1.807, 2.05) is 13.0 Å². The number of aryl methyl sites for hydroxylation is 3. The average Bonchev–Trinajstić information content (AvgIpc) is 2.83. The van der Waals surface area contributed by atoms with Gasteiger partial charge in [0.1, 0.15) is 7.05 Å². The molecule has 3 aromatic rings. The standard InChI is InChI=1S/C18H19BN3O/c1-12-5-8-17(21(3)10-12)19-9-15-14-7-6-13(2)20-18(14)23-16(15)11-22(19)4/h5-11H,1-4H3/q+1. The molecule has 1 aliphatic rings. The highest BCUT2D eigenvalue weighted by molar-refractivity contribution is 6.82. The second-order valence-corrected chi connectivity index (χ2v) is 6.33. The Balaban J connectivity index is 1.96. The third-order valence-corrected chi connectivity index (χ3v) is 4.47. The Hall–Kier alpha value is -2.56. The number of aromatic nitrogens is 2. The molecule has 0 saturated heterocycles. The molecule has 0 bridgehead atoms. The molecule has 0 N–H and O–H groups in total. The number of hydrogen-bond donors (Lipinski definition) is 0. The van der Waals surface area contributed by atoms with Gasteiger partial charge in [-0.2, -0.15) is 0 Å². The van der Waals surface area contributed by atoms with Crippen molar-refractivity contribution in [3.05, 3.63) is 52.4 Å². The minimum absolute atomic E-state index is 0.176. The molecule has 1 aliphatic heterocycles. The average molecular weight is 304 g/mol. The number of hydrogen-bond acceptors (Lipinski definition) is 3. The predicted molar refractivity (Wildman–Crippen MR) is 92.4 cm³/mol. The topological polar surface area (TPSA) is 33.2 Å². The summed E-state index contributed by atoms with van der Waals surface area (Å²) in [5, 5.41) is 2.21. The summed E-state index contributed by atoms with van der Waals surface area (Å²) in [7, 11) is 4.17. The first-order chi connectivity index (χ1) is 11.0. The van der Waals surface area contributed by atoms with Crippen molar-refractivity contribution in [2.45, 2.75) is 13.8 Å². The van der Waals surface area contributed by atoms with E-state index >= 15 is 0 Å². The van der Waals surface area contributed by atoms with Gasteiger partial charge in [-0.25, -0.2) is 9.55 Å². The van der Waals surface area contributed by atoms with Crippen LogP contribution in [0, 0.1) is 13.8 Å². The molecule has 4 nitrogen and oxygen atoms in total. The maximum atomic E-state index is 5.93. The molecule has 3 aromatic heterocycles. The van der Waals surface area contributed by atoms with E-state index in [9.17, 15) is 0 Å². The molecular weight excluding hydrogens is 285 g/mol. The Kier molecular flexibility index (Phi) is 3.05. The van der Waals surface area contributed by atoms with Crippen LogP contribution in [-0.4, -0.2) is 23.7 Å². The van der Waals surface area contributed by atoms with Crippen LogP contribution in [0.3, 0.4) is 0 Å². The molecule has 0 amide bonds. The predicted octanol–water partition coefficient (Wildman–Crippen LogP) is 0.171. The van der Waals surface area contributed by atoms with Gasteiger partial charge in [0, 0.05) is 28.1 Å². The van der Waals surface area contributed by atoms with Crippen LogP contribution >= 0.6 is 0 Å². The van der Waals surface area contributed by atoms with Gasteiger partial charge in [-0.1, -0.05) is 5.98 Å². The Morgan fingerprint density at radius 3 is 2.78 bits per heavy atom. The molecule has 0 fully saturated rings. The molecule has 4 heterocycles. The summed E-state index contributed by atoms with van der Waals surface area (Å²) in [6.07, 6.45) is 4.22. The maximum Gasteiger partial charge on any atom is 0.396 e. The normalized spacial score (nSPS) is 13.7. The third kappa shape index (κ3) is 2.24. The largest absolute Gasteiger partial charge is 0.436 e. The second kappa shape index (κ2) is 4.98. The van der Waals surface area contributed by atoms with Crippen molar-refractivity contribution in [3.8, 4) is 0 Å². The number of pyridine rings is 2. The maximum absolute atomic E-state index is 5.93. The second-order valence-electron chi connectivity index (χ2n) is 6.33. The fourth-order valence-electron chi connectivity index (χ4n) is 3.27. The van der Waals surface area contributed by atoms with Crippen LogP contribution in [0.4, 0.5) is 0 Å². The fraction of sp³-hybridized carbons (Fsp3) is 0.222. The van der Waals surface area contributed by atoms with E-state index in [4.69, 9.17) is 4.42 Å². The van der Waals surface area contributed by atoms with Gasteiger partial charge in [0.25, 0.3) is 0 Å². The van der Waals surface area contributed by atoms with Crippen LogP contribution in [0.5, 0.6) is 0 Å². The number of fused-ring (bicyclic) bond motifs is 3. The van der Waals surface area contributed by atoms with E-state index < -0.39 is 0 Å². The smallest absolute Gasteiger partial charge is 0.396 e. The fourth-order valence-corrected chi connectivity index (χ4v) is 3.27. The summed E-state index contributed by atoms with van der Waals surface area (Å²) >= 11 is 0. The number of furan rings is 1. The van der Waals surface area contributed by atoms with Crippen LogP contribution in [0.15, 0.2) is 34.9 Å². The van der Waals surface area contributed by atoms with E-state index in [0.717, 1.165) is 21.7 Å². The van der Waals surface area contributed by atoms with Gasteiger partial charge < -0.3 is 9.23 Å². The molecular formula is C18H19BN3O+. The molecule has 23 heavy (non-hydrogen) atoms. The monoisotopic (exact) mass is 304 g/mol. The van der Waals surface area contributed by atoms with Gasteiger partial charge in [0.05, 0.1) is 0 Å². The molecule has 0 saturated carbocycles. The first-order valence-electron chi connectivity index (χ1n) is 7.81. The molecule has 114 valence electrons. The van der Waals surface area contributed by atoms with Gasteiger partial charge in [-0.05, 0) is 45.2 Å². The zero-order valence-electron chi connectivity index (χ0n) is 13.9. The lowest BCUT2D eigenvalue weighted by atomic mass is 9.55. The van der Waals surface area contributed by atoms with Crippen molar-refractivity contribution >= 4 is 35.7 Å². The third-order valence-electron chi connectivity index (χ3n) is 4.47. The lowest BCUT2D eigenvalue weighted by Crippen LogP contribution is -2.60. The van der Waals surface area contributed by atoms with E-state index in [1.54, 1.807) is 0 Å². The molecule has 0 spiro atoms. The SMILES string of the molecule is Cc1ccc(B2C=c3c(oc4nc(C)ccc34)=CN2C)[n+](C)c1. The summed E-state index contributed by atoms with van der Waals surface area (Å²) in [5.74, 6) is 2.27. The van der Waals surface area contributed by atoms with E-state index in [2.05, 4.69) is 72.0 Å². The minimum atomic E-state index is 0.176. The highest BCUT2D eigenvalue weighted by atomic mass is 16.3. The van der Waals surface area contributed by atoms with E-state index in [0.29, 0.717) is 5.71 Å². The highest BCUT2D eigenvalue weighted by Crippen LogP contribution is 2.09. The number of nitrogens with zero attached hydrogens (tertiary/aromatic N) is 3. The van der Waals surface area contributed by atoms with Crippen molar-refractivity contribution in [1.29, 1.82) is 0 Å². The summed E-state index contributed by atoms with van der Waals surface area (Å²) in [6.45, 7) is 4.27. The zero-order valence-corrected chi connectivity index (χ0v) is 13.9. The summed E-state index contributed by atoms with van der Waals surface area (Å²) in [5.41, 5.74) is 5.07. The van der Waals surface area contributed by atoms with Crippen LogP contribution in [0.2, 0.25) is 0 Å². The summed E-state index contributed by atoms with van der Waals surface area (Å²) in [6, 6.07) is 8.48. The highest BCUT2D eigenvalue weighted by Gasteiger charge is 2.30. The van der Waals surface area contributed by atoms with Crippen molar-refractivity contribution in [2.75, 3.05) is 7.05 Å². The van der Waals surface area contributed by atoms with Crippen LogP contribution in [0.25, 0.3) is 23.3 Å². The Bertz CT molecular complexity index is 1040. The van der Waals surface area contributed by atoms with Gasteiger partial charge >= 0.3 is 6.85 Å². The van der Waals surface area contributed by atoms with Crippen molar-refractivity contribution in [2.24, 2.45) is 7.05 Å². The summed E-state index contributed by atoms with van der Waals surface area (Å²) in [4.78, 5) is 6.69. The lowest BCUT2D eigenvalue weighted by molar-refractivity contribution is -0.654. The molecule has 0 unspecified atom stereocenters. The molecule has 4 rings (SSSR count). The van der Waals surface area contributed by atoms with Crippen molar-refractivity contribution < 1.29 is 8.98 Å². The van der Waals surface area contributed by atoms with E-state index in [-0.39, 0.29) is 6.85 Å². The van der Waals surface area contributed by atoms with Gasteiger partial charge in [0.15, 0.2) is 17.2 Å². The van der Waals surface area contributed by atoms with Crippen molar-refractivity contribution in [3.63, 3.8) is 0 Å². The van der Waals surface area contributed by atoms with Crippen LogP contribution < -0.4 is 20.8 Å². The van der Waals surface area contributed by atoms with Crippen molar-refractivity contribution in [1.82, 2.24) is 9.79 Å². The Labute approximate surface area is 135 Å². The number of rotatable bonds is 1. The van der Waals surface area contributed by atoms with Gasteiger partial charge in [-0.15, -0.1) is 0 Å². The van der Waals surface area contributed by atoms with Gasteiger partial charge in [-0.3, -0.25) is 0 Å². The molecule has 0 aliphatic carbocycles. The van der Waals surface area contributed by atoms with Gasteiger partial charge in [0.2, 0.25) is 5.71 Å². The quantitative estimate of drug-likeness (QED) is 0.475.